The molecule has 3 N–H and O–H groups in total. The van der Waals surface area contributed by atoms with Crippen LogP contribution < -0.4 is 4.90 Å². The lowest BCUT2D eigenvalue weighted by molar-refractivity contribution is 0.0369. The Bertz CT molecular complexity index is 2060. The predicted molar refractivity (Wildman–Crippen MR) is 208 cm³/mol. The smallest absolute Gasteiger partial charge is 0.270 e. The molecule has 0 atom stereocenters. The second kappa shape index (κ2) is 17.0. The second-order valence-corrected chi connectivity index (χ2v) is 15.2. The van der Waals surface area contributed by atoms with Crippen LogP contribution in [0.3, 0.4) is 0 Å². The number of para-hydroxylation sites is 2. The summed E-state index contributed by atoms with van der Waals surface area (Å²) in [6.07, 6.45) is 1.61. The number of ether oxygens (including phenoxy) is 1. The van der Waals surface area contributed by atoms with E-state index in [0.717, 1.165) is 72.5 Å². The van der Waals surface area contributed by atoms with Gasteiger partial charge in [-0.25, -0.2) is 0 Å². The Morgan fingerprint density at radius 1 is 0.774 bits per heavy atom. The molecule has 53 heavy (non-hydrogen) atoms. The number of morpholine rings is 1. The lowest BCUT2D eigenvalue weighted by Gasteiger charge is -2.37. The standard InChI is InChI=1S/C39H41ClN4O4.CH4O3S/c40-33-7-2-4-9-35(33)42-20-22-43(23-21-42)39(47)38-37(36(28-10-14-30(45)15-11-28)29-12-16-31(46)17-13-29)32-6-1-3-8-34(32)44(38)19-5-18-41-24-26-48-27-25-41;1-5(2,3)4/h1-4,6-17,36,45-46H,5,18-27H2;1H3,(H,2,3,4). The maximum atomic E-state index is 15.0. The molecule has 1 amide bonds. The minimum absolute atomic E-state index is 0.00828. The van der Waals surface area contributed by atoms with Crippen LogP contribution in [0.2, 0.25) is 5.02 Å². The van der Waals surface area contributed by atoms with Crippen molar-refractivity contribution < 1.29 is 32.7 Å². The van der Waals surface area contributed by atoms with Crippen LogP contribution in [0.15, 0.2) is 97.1 Å². The number of carbonyl (C=O) groups is 1. The topological polar surface area (TPSA) is 136 Å². The van der Waals surface area contributed by atoms with Crippen LogP contribution in [0.25, 0.3) is 10.9 Å². The summed E-state index contributed by atoms with van der Waals surface area (Å²) >= 11 is 6.55. The van der Waals surface area contributed by atoms with Crippen LogP contribution in [-0.4, -0.2) is 109 Å². The fourth-order valence-corrected chi connectivity index (χ4v) is 7.49. The van der Waals surface area contributed by atoms with Gasteiger partial charge in [0.2, 0.25) is 0 Å². The van der Waals surface area contributed by atoms with Gasteiger partial charge in [0.1, 0.15) is 17.2 Å². The molecule has 2 fully saturated rings. The van der Waals surface area contributed by atoms with Crippen LogP contribution in [0, 0.1) is 0 Å². The molecule has 2 aliphatic rings. The van der Waals surface area contributed by atoms with E-state index in [4.69, 9.17) is 20.9 Å². The van der Waals surface area contributed by atoms with Gasteiger partial charge in [0.25, 0.3) is 16.0 Å². The molecule has 2 aliphatic heterocycles. The van der Waals surface area contributed by atoms with Crippen molar-refractivity contribution in [1.29, 1.82) is 0 Å². The first-order valence-corrected chi connectivity index (χ1v) is 19.9. The molecule has 0 bridgehead atoms. The van der Waals surface area contributed by atoms with Crippen molar-refractivity contribution in [3.8, 4) is 11.5 Å². The maximum Gasteiger partial charge on any atom is 0.270 e. The summed E-state index contributed by atoms with van der Waals surface area (Å²) in [5.41, 5.74) is 5.54. The summed E-state index contributed by atoms with van der Waals surface area (Å²) in [6, 6.07) is 30.6. The minimum atomic E-state index is -3.67. The highest BCUT2D eigenvalue weighted by Gasteiger charge is 2.34. The number of rotatable bonds is 9. The molecule has 13 heteroatoms. The monoisotopic (exact) mass is 760 g/mol. The molecule has 0 radical (unpaired) electrons. The maximum absolute atomic E-state index is 15.0. The van der Waals surface area contributed by atoms with Crippen LogP contribution in [-0.2, 0) is 21.4 Å². The average Bonchev–Trinajstić information content (AvgIpc) is 3.46. The third-order valence-corrected chi connectivity index (χ3v) is 9.99. The Hall–Kier alpha value is -4.59. The van der Waals surface area contributed by atoms with Crippen molar-refractivity contribution in [1.82, 2.24) is 14.4 Å². The summed E-state index contributed by atoms with van der Waals surface area (Å²) in [5, 5.41) is 22.2. The summed E-state index contributed by atoms with van der Waals surface area (Å²) in [4.78, 5) is 21.7. The van der Waals surface area contributed by atoms with Crippen molar-refractivity contribution in [3.63, 3.8) is 0 Å². The number of hydrogen-bond acceptors (Lipinski definition) is 8. The molecular formula is C40H45ClN4O7S. The molecule has 0 aliphatic carbocycles. The van der Waals surface area contributed by atoms with Crippen molar-refractivity contribution in [3.05, 3.63) is 124 Å². The van der Waals surface area contributed by atoms with Crippen LogP contribution in [0.4, 0.5) is 5.69 Å². The van der Waals surface area contributed by atoms with E-state index in [-0.39, 0.29) is 23.3 Å². The zero-order chi connectivity index (χ0) is 37.5. The van der Waals surface area contributed by atoms with E-state index in [2.05, 4.69) is 26.5 Å². The van der Waals surface area contributed by atoms with Crippen molar-refractivity contribution in [2.45, 2.75) is 18.9 Å². The number of carbonyl (C=O) groups excluding carboxylic acids is 1. The van der Waals surface area contributed by atoms with Gasteiger partial charge < -0.3 is 29.3 Å². The molecule has 3 heterocycles. The summed E-state index contributed by atoms with van der Waals surface area (Å²) in [7, 11) is -3.67. The Labute approximate surface area is 315 Å². The molecule has 2 saturated heterocycles. The minimum Gasteiger partial charge on any atom is -0.508 e. The number of fused-ring (bicyclic) bond motifs is 1. The summed E-state index contributed by atoms with van der Waals surface area (Å²) in [5.74, 6) is 0.0526. The molecule has 11 nitrogen and oxygen atoms in total. The van der Waals surface area contributed by atoms with Gasteiger partial charge >= 0.3 is 0 Å². The van der Waals surface area contributed by atoms with E-state index in [1.54, 1.807) is 24.3 Å². The van der Waals surface area contributed by atoms with E-state index in [0.29, 0.717) is 49.7 Å². The number of phenolic OH excluding ortho intramolecular Hbond substituents is 2. The van der Waals surface area contributed by atoms with Crippen LogP contribution in [0.1, 0.15) is 39.5 Å². The molecule has 1 aromatic heterocycles. The van der Waals surface area contributed by atoms with Crippen molar-refractivity contribution in [2.75, 3.05) is 70.2 Å². The molecule has 0 saturated carbocycles. The lowest BCUT2D eigenvalue weighted by Crippen LogP contribution is -2.49. The van der Waals surface area contributed by atoms with E-state index in [1.165, 1.54) is 0 Å². The van der Waals surface area contributed by atoms with Gasteiger partial charge in [0.15, 0.2) is 0 Å². The van der Waals surface area contributed by atoms with Gasteiger partial charge in [-0.05, 0) is 60.0 Å². The quantitative estimate of drug-likeness (QED) is 0.153. The van der Waals surface area contributed by atoms with Crippen LogP contribution >= 0.6 is 11.6 Å². The largest absolute Gasteiger partial charge is 0.508 e. The molecule has 0 spiro atoms. The van der Waals surface area contributed by atoms with Gasteiger partial charge in [-0.1, -0.05) is 66.2 Å². The number of aryl methyl sites for hydroxylation is 1. The molecular weight excluding hydrogens is 716 g/mol. The number of benzene rings is 4. The van der Waals surface area contributed by atoms with Gasteiger partial charge in [0, 0.05) is 74.7 Å². The van der Waals surface area contributed by atoms with Gasteiger partial charge in [-0.15, -0.1) is 0 Å². The predicted octanol–water partition coefficient (Wildman–Crippen LogP) is 6.07. The summed E-state index contributed by atoms with van der Waals surface area (Å²) < 4.78 is 33.7. The number of hydrogen-bond donors (Lipinski definition) is 3. The Morgan fingerprint density at radius 2 is 1.32 bits per heavy atom. The number of aromatic nitrogens is 1. The Kier molecular flexibility index (Phi) is 12.3. The number of nitrogens with zero attached hydrogens (tertiary/aromatic N) is 4. The zero-order valence-electron chi connectivity index (χ0n) is 29.6. The highest BCUT2D eigenvalue weighted by Crippen LogP contribution is 2.42. The molecule has 5 aromatic rings. The first kappa shape index (κ1) is 38.1. The van der Waals surface area contributed by atoms with E-state index in [9.17, 15) is 18.6 Å². The second-order valence-electron chi connectivity index (χ2n) is 13.3. The Morgan fingerprint density at radius 3 is 1.91 bits per heavy atom. The number of amides is 1. The number of piperazine rings is 1. The number of anilines is 1. The van der Waals surface area contributed by atoms with Gasteiger partial charge in [0.05, 0.1) is 30.2 Å². The number of phenols is 2. The SMILES string of the molecule is CS(=O)(=O)O.O=C(c1c(C(c2ccc(O)cc2)c2ccc(O)cc2)c2ccccc2n1CCCN1CCOCC1)N1CCN(c2ccccc2Cl)CC1. The normalized spacial score (nSPS) is 15.4. The molecule has 7 rings (SSSR count). The Balaban J connectivity index is 0.000000902. The molecule has 0 unspecified atom stereocenters. The fourth-order valence-electron chi connectivity index (χ4n) is 7.23. The van der Waals surface area contributed by atoms with Crippen LogP contribution in [0.5, 0.6) is 11.5 Å². The van der Waals surface area contributed by atoms with Gasteiger partial charge in [-0.2, -0.15) is 8.42 Å². The third kappa shape index (κ3) is 9.51. The van der Waals surface area contributed by atoms with Crippen molar-refractivity contribution in [2.24, 2.45) is 0 Å². The molecule has 280 valence electrons. The number of halogens is 1. The van der Waals surface area contributed by atoms with E-state index in [1.807, 2.05) is 65.6 Å². The zero-order valence-corrected chi connectivity index (χ0v) is 31.2. The third-order valence-electron chi connectivity index (χ3n) is 9.67. The van der Waals surface area contributed by atoms with Gasteiger partial charge in [-0.3, -0.25) is 14.2 Å². The first-order valence-electron chi connectivity index (χ1n) is 17.7. The van der Waals surface area contributed by atoms with Crippen molar-refractivity contribution >= 4 is 44.2 Å². The van der Waals surface area contributed by atoms with E-state index < -0.39 is 10.1 Å². The lowest BCUT2D eigenvalue weighted by atomic mass is 9.83. The average molecular weight is 761 g/mol. The highest BCUT2D eigenvalue weighted by molar-refractivity contribution is 7.85. The van der Waals surface area contributed by atoms with E-state index >= 15 is 4.79 Å². The summed E-state index contributed by atoms with van der Waals surface area (Å²) in [6.45, 7) is 7.46. The fraction of sp³-hybridized carbons (Fsp3) is 0.325. The number of aromatic hydroxyl groups is 2. The first-order chi connectivity index (χ1) is 25.5. The highest BCUT2D eigenvalue weighted by atomic mass is 35.5. The molecule has 4 aromatic carbocycles.